The Morgan fingerprint density at radius 2 is 2.12 bits per heavy atom. The number of amides is 2. The standard InChI is InChI=1S/C17H20FN3O5/c1-24-10-7-20(8-10)13-3-9-4-14-15(6-19-16(22)25-2)26-17(23)21(14)12(9)5-11(13)18/h3,5,10,14-15H,4,6-8H2,1-2H3,(H,19,22)/t14-,15-/m0/s1. The Morgan fingerprint density at radius 3 is 2.81 bits per heavy atom. The molecule has 1 aromatic carbocycles. The average Bonchev–Trinajstić information content (AvgIpc) is 3.09. The van der Waals surface area contributed by atoms with E-state index in [0.29, 0.717) is 30.9 Å². The van der Waals surface area contributed by atoms with Crippen molar-refractivity contribution in [3.63, 3.8) is 0 Å². The van der Waals surface area contributed by atoms with Gasteiger partial charge in [0.25, 0.3) is 0 Å². The SMILES string of the molecule is COC(=O)NC[C@@H]1OC(=O)N2c3cc(F)c(N4CC(OC)C4)cc3C[C@@H]12. The molecule has 26 heavy (non-hydrogen) atoms. The highest BCUT2D eigenvalue weighted by molar-refractivity contribution is 5.94. The number of anilines is 2. The molecule has 0 aromatic heterocycles. The van der Waals surface area contributed by atoms with Crippen molar-refractivity contribution < 1.29 is 28.2 Å². The molecule has 0 aliphatic carbocycles. The van der Waals surface area contributed by atoms with Gasteiger partial charge < -0.3 is 24.4 Å². The van der Waals surface area contributed by atoms with Crippen molar-refractivity contribution in [3.05, 3.63) is 23.5 Å². The second-order valence-electron chi connectivity index (χ2n) is 6.63. The topological polar surface area (TPSA) is 80.3 Å². The molecule has 2 saturated heterocycles. The molecule has 0 bridgehead atoms. The highest BCUT2D eigenvalue weighted by atomic mass is 19.1. The summed E-state index contributed by atoms with van der Waals surface area (Å²) < 4.78 is 29.7. The van der Waals surface area contributed by atoms with Crippen molar-refractivity contribution in [2.75, 3.05) is 43.7 Å². The third-order valence-electron chi connectivity index (χ3n) is 5.20. The van der Waals surface area contributed by atoms with Crippen LogP contribution in [0, 0.1) is 5.82 Å². The van der Waals surface area contributed by atoms with E-state index >= 15 is 0 Å². The minimum atomic E-state index is -0.589. The zero-order valence-electron chi connectivity index (χ0n) is 14.5. The normalized spacial score (nSPS) is 24.0. The van der Waals surface area contributed by atoms with Crippen LogP contribution in [0.3, 0.4) is 0 Å². The van der Waals surface area contributed by atoms with Crippen LogP contribution in [0.25, 0.3) is 0 Å². The van der Waals surface area contributed by atoms with Crippen LogP contribution in [0.15, 0.2) is 12.1 Å². The molecule has 2 amide bonds. The first-order valence-electron chi connectivity index (χ1n) is 8.43. The minimum Gasteiger partial charge on any atom is -0.453 e. The molecule has 0 radical (unpaired) electrons. The van der Waals surface area contributed by atoms with Crippen LogP contribution >= 0.6 is 0 Å². The van der Waals surface area contributed by atoms with E-state index in [4.69, 9.17) is 9.47 Å². The maximum atomic E-state index is 14.6. The number of hydrogen-bond acceptors (Lipinski definition) is 6. The van der Waals surface area contributed by atoms with Gasteiger partial charge in [-0.2, -0.15) is 0 Å². The van der Waals surface area contributed by atoms with Crippen LogP contribution in [0.4, 0.5) is 25.4 Å². The number of cyclic esters (lactones) is 1. The summed E-state index contributed by atoms with van der Waals surface area (Å²) in [6, 6.07) is 2.92. The van der Waals surface area contributed by atoms with E-state index in [-0.39, 0.29) is 24.5 Å². The smallest absolute Gasteiger partial charge is 0.415 e. The molecular weight excluding hydrogens is 345 g/mol. The fraction of sp³-hybridized carbons (Fsp3) is 0.529. The van der Waals surface area contributed by atoms with E-state index < -0.39 is 18.3 Å². The first-order chi connectivity index (χ1) is 12.5. The average molecular weight is 365 g/mol. The number of benzene rings is 1. The van der Waals surface area contributed by atoms with Gasteiger partial charge in [-0.1, -0.05) is 0 Å². The van der Waals surface area contributed by atoms with Crippen molar-refractivity contribution in [1.29, 1.82) is 0 Å². The van der Waals surface area contributed by atoms with E-state index in [9.17, 15) is 14.0 Å². The summed E-state index contributed by atoms with van der Waals surface area (Å²) in [5.41, 5.74) is 1.95. The number of hydrogen-bond donors (Lipinski definition) is 1. The third-order valence-corrected chi connectivity index (χ3v) is 5.20. The number of nitrogens with one attached hydrogen (secondary N) is 1. The van der Waals surface area contributed by atoms with Gasteiger partial charge in [-0.3, -0.25) is 4.90 Å². The van der Waals surface area contributed by atoms with Crippen LogP contribution < -0.4 is 15.1 Å². The predicted octanol–water partition coefficient (Wildman–Crippen LogP) is 1.27. The molecule has 2 atom stereocenters. The van der Waals surface area contributed by atoms with Crippen LogP contribution in [-0.4, -0.2) is 64.3 Å². The lowest BCUT2D eigenvalue weighted by Crippen LogP contribution is -2.52. The number of carbonyl (C=O) groups excluding carboxylic acids is 2. The third kappa shape index (κ3) is 2.63. The number of carbonyl (C=O) groups is 2. The maximum Gasteiger partial charge on any atom is 0.415 e. The van der Waals surface area contributed by atoms with Crippen molar-refractivity contribution in [3.8, 4) is 0 Å². The first kappa shape index (κ1) is 16.9. The number of methoxy groups -OCH3 is 2. The van der Waals surface area contributed by atoms with Crippen LogP contribution in [0.1, 0.15) is 5.56 Å². The van der Waals surface area contributed by atoms with Gasteiger partial charge in [0.2, 0.25) is 0 Å². The Kier molecular flexibility index (Phi) is 4.10. The van der Waals surface area contributed by atoms with Gasteiger partial charge in [0.15, 0.2) is 0 Å². The quantitative estimate of drug-likeness (QED) is 0.866. The molecular formula is C17H20FN3O5. The lowest BCUT2D eigenvalue weighted by atomic mass is 10.0. The summed E-state index contributed by atoms with van der Waals surface area (Å²) in [6.45, 7) is 1.44. The predicted molar refractivity (Wildman–Crippen MR) is 90.1 cm³/mol. The molecule has 140 valence electrons. The van der Waals surface area contributed by atoms with E-state index in [0.717, 1.165) is 5.56 Å². The van der Waals surface area contributed by atoms with Gasteiger partial charge in [-0.15, -0.1) is 0 Å². The second kappa shape index (κ2) is 6.31. The zero-order chi connectivity index (χ0) is 18.4. The maximum absolute atomic E-state index is 14.6. The fourth-order valence-corrected chi connectivity index (χ4v) is 3.73. The van der Waals surface area contributed by atoms with Gasteiger partial charge in [0, 0.05) is 26.3 Å². The summed E-state index contributed by atoms with van der Waals surface area (Å²) in [6.07, 6.45) is -0.963. The number of nitrogens with zero attached hydrogens (tertiary/aromatic N) is 2. The molecule has 4 rings (SSSR count). The van der Waals surface area contributed by atoms with Gasteiger partial charge in [0.1, 0.15) is 11.9 Å². The van der Waals surface area contributed by atoms with E-state index in [1.165, 1.54) is 18.1 Å². The van der Waals surface area contributed by atoms with Gasteiger partial charge in [-0.05, 0) is 18.1 Å². The lowest BCUT2D eigenvalue weighted by Gasteiger charge is -2.40. The second-order valence-corrected chi connectivity index (χ2v) is 6.63. The molecule has 1 aromatic rings. The summed E-state index contributed by atoms with van der Waals surface area (Å²) in [4.78, 5) is 26.9. The first-order valence-corrected chi connectivity index (χ1v) is 8.43. The Morgan fingerprint density at radius 1 is 1.35 bits per heavy atom. The molecule has 9 heteroatoms. The van der Waals surface area contributed by atoms with Gasteiger partial charge in [-0.25, -0.2) is 14.0 Å². The molecule has 0 spiro atoms. The van der Waals surface area contributed by atoms with E-state index in [2.05, 4.69) is 10.1 Å². The Labute approximate surface area is 149 Å². The molecule has 0 unspecified atom stereocenters. The monoisotopic (exact) mass is 365 g/mol. The fourth-order valence-electron chi connectivity index (χ4n) is 3.73. The molecule has 3 aliphatic rings. The molecule has 0 saturated carbocycles. The van der Waals surface area contributed by atoms with Crippen molar-refractivity contribution in [1.82, 2.24) is 5.32 Å². The van der Waals surface area contributed by atoms with E-state index in [1.807, 2.05) is 4.90 Å². The van der Waals surface area contributed by atoms with Crippen LogP contribution in [0.2, 0.25) is 0 Å². The zero-order valence-corrected chi connectivity index (χ0v) is 14.5. The van der Waals surface area contributed by atoms with E-state index in [1.54, 1.807) is 13.2 Å². The number of alkyl carbamates (subject to hydrolysis) is 1. The summed E-state index contributed by atoms with van der Waals surface area (Å²) in [5.74, 6) is -0.372. The van der Waals surface area contributed by atoms with Gasteiger partial charge >= 0.3 is 12.2 Å². The van der Waals surface area contributed by atoms with Gasteiger partial charge in [0.05, 0.1) is 37.2 Å². The highest BCUT2D eigenvalue weighted by Crippen LogP contribution is 2.42. The van der Waals surface area contributed by atoms with Crippen molar-refractivity contribution in [2.24, 2.45) is 0 Å². The molecule has 1 N–H and O–H groups in total. The number of ether oxygens (including phenoxy) is 3. The highest BCUT2D eigenvalue weighted by Gasteiger charge is 2.48. The Hall–Kier alpha value is -2.55. The summed E-state index contributed by atoms with van der Waals surface area (Å²) >= 11 is 0. The largest absolute Gasteiger partial charge is 0.453 e. The lowest BCUT2D eigenvalue weighted by molar-refractivity contribution is 0.0784. The number of fused-ring (bicyclic) bond motifs is 3. The van der Waals surface area contributed by atoms with Crippen molar-refractivity contribution >= 4 is 23.6 Å². The molecule has 8 nitrogen and oxygen atoms in total. The molecule has 3 heterocycles. The minimum absolute atomic E-state index is 0.120. The molecule has 3 aliphatic heterocycles. The molecule has 2 fully saturated rings. The Balaban J connectivity index is 1.53. The summed E-state index contributed by atoms with van der Waals surface area (Å²) in [5, 5.41) is 2.54. The number of halogens is 1. The number of rotatable bonds is 4. The Bertz CT molecular complexity index is 752. The van der Waals surface area contributed by atoms with Crippen LogP contribution in [0.5, 0.6) is 0 Å². The van der Waals surface area contributed by atoms with Crippen LogP contribution in [-0.2, 0) is 20.6 Å². The van der Waals surface area contributed by atoms with Crippen molar-refractivity contribution in [2.45, 2.75) is 24.7 Å². The summed E-state index contributed by atoms with van der Waals surface area (Å²) in [7, 11) is 2.91.